The van der Waals surface area contributed by atoms with E-state index in [4.69, 9.17) is 5.11 Å². The number of aryl methyl sites for hydroxylation is 1. The summed E-state index contributed by atoms with van der Waals surface area (Å²) in [5.41, 5.74) is 2.32. The van der Waals surface area contributed by atoms with E-state index in [1.54, 1.807) is 0 Å². The van der Waals surface area contributed by atoms with Crippen molar-refractivity contribution in [2.75, 3.05) is 0 Å². The van der Waals surface area contributed by atoms with E-state index in [0.717, 1.165) is 5.56 Å². The molecule has 0 spiro atoms. The van der Waals surface area contributed by atoms with Crippen molar-refractivity contribution in [1.82, 2.24) is 0 Å². The number of carbonyl (C=O) groups is 1. The molecule has 0 aliphatic rings. The molecule has 0 aliphatic carbocycles. The first-order valence-corrected chi connectivity index (χ1v) is 5.36. The largest absolute Gasteiger partial charge is 0.481 e. The quantitative estimate of drug-likeness (QED) is 0.821. The first kappa shape index (κ1) is 11.8. The fourth-order valence-electron chi connectivity index (χ4n) is 2.06. The van der Waals surface area contributed by atoms with Gasteiger partial charge in [0.2, 0.25) is 0 Å². The van der Waals surface area contributed by atoms with Gasteiger partial charge >= 0.3 is 5.97 Å². The van der Waals surface area contributed by atoms with Crippen LogP contribution in [0.2, 0.25) is 0 Å². The van der Waals surface area contributed by atoms with Gasteiger partial charge in [-0.3, -0.25) is 4.79 Å². The first-order valence-electron chi connectivity index (χ1n) is 5.36. The standard InChI is InChI=1S/C13H18O2/c1-4-11(13(14)15)10(3)12-8-6-5-7-9(12)2/h5-8,10-11H,4H2,1-3H3,(H,14,15). The smallest absolute Gasteiger partial charge is 0.307 e. The topological polar surface area (TPSA) is 37.3 Å². The SMILES string of the molecule is CCC(C(=O)O)C(C)c1ccccc1C. The molecule has 0 amide bonds. The maximum atomic E-state index is 11.1. The Kier molecular flexibility index (Phi) is 3.89. The predicted octanol–water partition coefficient (Wildman–Crippen LogP) is 3.21. The van der Waals surface area contributed by atoms with E-state index >= 15 is 0 Å². The van der Waals surface area contributed by atoms with Crippen molar-refractivity contribution in [1.29, 1.82) is 0 Å². The number of hydrogen-bond acceptors (Lipinski definition) is 1. The van der Waals surface area contributed by atoms with E-state index in [0.29, 0.717) is 6.42 Å². The number of aliphatic carboxylic acids is 1. The normalized spacial score (nSPS) is 14.6. The Balaban J connectivity index is 2.97. The van der Waals surface area contributed by atoms with Crippen molar-refractivity contribution >= 4 is 5.97 Å². The molecular formula is C13H18O2. The van der Waals surface area contributed by atoms with Crippen molar-refractivity contribution in [2.24, 2.45) is 5.92 Å². The molecule has 0 fully saturated rings. The average Bonchev–Trinajstić information content (AvgIpc) is 2.18. The van der Waals surface area contributed by atoms with E-state index in [1.807, 2.05) is 45.0 Å². The molecule has 1 aromatic rings. The van der Waals surface area contributed by atoms with Gasteiger partial charge in [-0.15, -0.1) is 0 Å². The summed E-state index contributed by atoms with van der Waals surface area (Å²) >= 11 is 0. The Morgan fingerprint density at radius 2 is 2.00 bits per heavy atom. The Bertz CT molecular complexity index is 344. The predicted molar refractivity (Wildman–Crippen MR) is 61.0 cm³/mol. The van der Waals surface area contributed by atoms with Crippen molar-refractivity contribution in [3.8, 4) is 0 Å². The van der Waals surface area contributed by atoms with Crippen LogP contribution in [0, 0.1) is 12.8 Å². The van der Waals surface area contributed by atoms with Crippen LogP contribution in [-0.4, -0.2) is 11.1 Å². The monoisotopic (exact) mass is 206 g/mol. The summed E-state index contributed by atoms with van der Waals surface area (Å²) in [4.78, 5) is 11.1. The Morgan fingerprint density at radius 3 is 2.47 bits per heavy atom. The molecule has 0 saturated heterocycles. The summed E-state index contributed by atoms with van der Waals surface area (Å²) in [6, 6.07) is 7.99. The van der Waals surface area contributed by atoms with Gasteiger partial charge in [-0.25, -0.2) is 0 Å². The zero-order valence-corrected chi connectivity index (χ0v) is 9.53. The molecule has 15 heavy (non-hydrogen) atoms. The van der Waals surface area contributed by atoms with E-state index in [-0.39, 0.29) is 11.8 Å². The molecule has 0 bridgehead atoms. The Labute approximate surface area is 90.9 Å². The molecule has 2 unspecified atom stereocenters. The van der Waals surface area contributed by atoms with Gasteiger partial charge in [0.15, 0.2) is 0 Å². The van der Waals surface area contributed by atoms with Crippen LogP contribution < -0.4 is 0 Å². The second kappa shape index (κ2) is 4.96. The third-order valence-electron chi connectivity index (χ3n) is 3.04. The third kappa shape index (κ3) is 2.58. The number of benzene rings is 1. The number of hydrogen-bond donors (Lipinski definition) is 1. The first-order chi connectivity index (χ1) is 7.07. The van der Waals surface area contributed by atoms with E-state index in [9.17, 15) is 4.79 Å². The molecule has 2 heteroatoms. The molecule has 0 heterocycles. The number of carboxylic acid groups (broad SMARTS) is 1. The van der Waals surface area contributed by atoms with Crippen LogP contribution in [0.25, 0.3) is 0 Å². The highest BCUT2D eigenvalue weighted by atomic mass is 16.4. The molecule has 1 rings (SSSR count). The minimum atomic E-state index is -0.701. The minimum Gasteiger partial charge on any atom is -0.481 e. The highest BCUT2D eigenvalue weighted by Crippen LogP contribution is 2.28. The van der Waals surface area contributed by atoms with Crippen molar-refractivity contribution < 1.29 is 9.90 Å². The molecular weight excluding hydrogens is 188 g/mol. The fraction of sp³-hybridized carbons (Fsp3) is 0.462. The number of carboxylic acids is 1. The van der Waals surface area contributed by atoms with E-state index in [2.05, 4.69) is 0 Å². The van der Waals surface area contributed by atoms with Crippen molar-refractivity contribution in [3.05, 3.63) is 35.4 Å². The van der Waals surface area contributed by atoms with Crippen molar-refractivity contribution in [3.63, 3.8) is 0 Å². The molecule has 0 saturated carbocycles. The lowest BCUT2D eigenvalue weighted by Crippen LogP contribution is -2.19. The summed E-state index contributed by atoms with van der Waals surface area (Å²) in [6.07, 6.45) is 0.671. The van der Waals surface area contributed by atoms with E-state index in [1.165, 1.54) is 5.56 Å². The molecule has 0 aliphatic heterocycles. The molecule has 0 radical (unpaired) electrons. The van der Waals surface area contributed by atoms with Crippen LogP contribution in [0.5, 0.6) is 0 Å². The van der Waals surface area contributed by atoms with Crippen LogP contribution in [0.15, 0.2) is 24.3 Å². The summed E-state index contributed by atoms with van der Waals surface area (Å²) in [5.74, 6) is -0.909. The van der Waals surface area contributed by atoms with Crippen LogP contribution in [0.3, 0.4) is 0 Å². The molecule has 2 nitrogen and oxygen atoms in total. The van der Waals surface area contributed by atoms with Gasteiger partial charge in [0, 0.05) is 0 Å². The fourth-order valence-corrected chi connectivity index (χ4v) is 2.06. The molecule has 0 aromatic heterocycles. The lowest BCUT2D eigenvalue weighted by molar-refractivity contribution is -0.142. The van der Waals surface area contributed by atoms with Crippen LogP contribution in [0.1, 0.15) is 37.3 Å². The summed E-state index contributed by atoms with van der Waals surface area (Å²) in [5, 5.41) is 9.10. The second-order valence-electron chi connectivity index (χ2n) is 4.00. The highest BCUT2D eigenvalue weighted by molar-refractivity contribution is 5.71. The van der Waals surface area contributed by atoms with Gasteiger partial charge in [-0.2, -0.15) is 0 Å². The summed E-state index contributed by atoms with van der Waals surface area (Å²) in [6.45, 7) is 5.94. The van der Waals surface area contributed by atoms with Gasteiger partial charge in [0.25, 0.3) is 0 Å². The second-order valence-corrected chi connectivity index (χ2v) is 4.00. The Morgan fingerprint density at radius 1 is 1.40 bits per heavy atom. The average molecular weight is 206 g/mol. The maximum Gasteiger partial charge on any atom is 0.307 e. The van der Waals surface area contributed by atoms with Gasteiger partial charge in [0.05, 0.1) is 5.92 Å². The lowest BCUT2D eigenvalue weighted by atomic mass is 9.84. The highest BCUT2D eigenvalue weighted by Gasteiger charge is 2.24. The van der Waals surface area contributed by atoms with Crippen LogP contribution in [0.4, 0.5) is 0 Å². The summed E-state index contributed by atoms with van der Waals surface area (Å²) in [7, 11) is 0. The molecule has 1 N–H and O–H groups in total. The minimum absolute atomic E-state index is 0.0775. The zero-order chi connectivity index (χ0) is 11.4. The van der Waals surface area contributed by atoms with Gasteiger partial charge in [-0.05, 0) is 30.4 Å². The molecule has 1 aromatic carbocycles. The van der Waals surface area contributed by atoms with Crippen LogP contribution >= 0.6 is 0 Å². The van der Waals surface area contributed by atoms with E-state index < -0.39 is 5.97 Å². The lowest BCUT2D eigenvalue weighted by Gasteiger charge is -2.20. The third-order valence-corrected chi connectivity index (χ3v) is 3.04. The van der Waals surface area contributed by atoms with Crippen LogP contribution in [-0.2, 0) is 4.79 Å². The van der Waals surface area contributed by atoms with Gasteiger partial charge in [0.1, 0.15) is 0 Å². The molecule has 2 atom stereocenters. The van der Waals surface area contributed by atoms with Gasteiger partial charge in [-0.1, -0.05) is 38.1 Å². The number of rotatable bonds is 4. The van der Waals surface area contributed by atoms with Gasteiger partial charge < -0.3 is 5.11 Å². The zero-order valence-electron chi connectivity index (χ0n) is 9.53. The summed E-state index contributed by atoms with van der Waals surface area (Å²) < 4.78 is 0. The maximum absolute atomic E-state index is 11.1. The molecule has 82 valence electrons. The van der Waals surface area contributed by atoms with Crippen molar-refractivity contribution in [2.45, 2.75) is 33.1 Å². The Hall–Kier alpha value is -1.31.